The van der Waals surface area contributed by atoms with Crippen LogP contribution in [0.5, 0.6) is 0 Å². The largest absolute Gasteiger partial charge is 0.173 e. The summed E-state index contributed by atoms with van der Waals surface area (Å²) in [4.78, 5) is 0. The van der Waals surface area contributed by atoms with Gasteiger partial charge in [0.2, 0.25) is 0 Å². The number of hydrogen-bond donors (Lipinski definition) is 0. The molecule has 0 aliphatic carbocycles. The average molecular weight is 590 g/mol. The van der Waals surface area contributed by atoms with Crippen molar-refractivity contribution in [1.29, 1.82) is 0 Å². The number of fused-ring (bicyclic) bond motifs is 2. The maximum Gasteiger partial charge on any atom is 0.120 e. The van der Waals surface area contributed by atoms with Crippen LogP contribution in [-0.4, -0.2) is 17.5 Å². The van der Waals surface area contributed by atoms with Crippen molar-refractivity contribution in [3.8, 4) is 0 Å². The predicted molar refractivity (Wildman–Crippen MR) is 108 cm³/mol. The Labute approximate surface area is 167 Å². The smallest absolute Gasteiger partial charge is 0.120 e. The summed E-state index contributed by atoms with van der Waals surface area (Å²) in [5.41, 5.74) is 3.82. The third-order valence-electron chi connectivity index (χ3n) is 2.48. The zero-order valence-corrected chi connectivity index (χ0v) is 18.6. The summed E-state index contributed by atoms with van der Waals surface area (Å²) in [5.74, 6) is 0. The summed E-state index contributed by atoms with van der Waals surface area (Å²) >= 11 is 14.8. The highest BCUT2D eigenvalue weighted by molar-refractivity contribution is 9.93. The quantitative estimate of drug-likeness (QED) is 0.232. The first-order valence-corrected chi connectivity index (χ1v) is 12.4. The molecule has 0 radical (unpaired) electrons. The molecular formula is C12H6Br4N4S2. The Kier molecular flexibility index (Phi) is 7.78. The van der Waals surface area contributed by atoms with Crippen LogP contribution in [0.3, 0.4) is 0 Å². The molecule has 0 N–H and O–H groups in total. The van der Waals surface area contributed by atoms with Crippen LogP contribution < -0.4 is 0 Å². The van der Waals surface area contributed by atoms with Gasteiger partial charge in [0.15, 0.2) is 0 Å². The molecule has 114 valence electrons. The molecule has 0 unspecified atom stereocenters. The Morgan fingerprint density at radius 1 is 0.636 bits per heavy atom. The fourth-order valence-corrected chi connectivity index (χ4v) is 3.68. The van der Waals surface area contributed by atoms with Gasteiger partial charge in [0.1, 0.15) is 22.1 Å². The highest BCUT2D eigenvalue weighted by Gasteiger charge is 2.05. The fourth-order valence-electron chi connectivity index (χ4n) is 1.53. The van der Waals surface area contributed by atoms with Gasteiger partial charge in [-0.15, -0.1) is 0 Å². The topological polar surface area (TPSA) is 51.6 Å². The Morgan fingerprint density at radius 2 is 1.05 bits per heavy atom. The SMILES string of the molecule is BrBr.Brc1ccc(Br)c2nsnc12.c1ccc2nsnc2c1. The van der Waals surface area contributed by atoms with Crippen molar-refractivity contribution < 1.29 is 0 Å². The maximum atomic E-state index is 4.13. The van der Waals surface area contributed by atoms with Crippen LogP contribution in [-0.2, 0) is 0 Å². The van der Waals surface area contributed by atoms with Crippen LogP contribution in [0.25, 0.3) is 22.1 Å². The van der Waals surface area contributed by atoms with Gasteiger partial charge in [0, 0.05) is 37.2 Å². The van der Waals surface area contributed by atoms with Gasteiger partial charge in [-0.05, 0) is 56.1 Å². The van der Waals surface area contributed by atoms with Crippen molar-refractivity contribution in [3.63, 3.8) is 0 Å². The van der Waals surface area contributed by atoms with Crippen molar-refractivity contribution in [3.05, 3.63) is 45.3 Å². The summed E-state index contributed by atoms with van der Waals surface area (Å²) in [6.45, 7) is 0. The van der Waals surface area contributed by atoms with E-state index in [0.717, 1.165) is 31.0 Å². The summed E-state index contributed by atoms with van der Waals surface area (Å²) in [6.07, 6.45) is 0. The first kappa shape index (κ1) is 18.3. The van der Waals surface area contributed by atoms with Crippen molar-refractivity contribution >= 4 is 106 Å². The summed E-state index contributed by atoms with van der Waals surface area (Å²) in [6, 6.07) is 11.7. The molecule has 0 spiro atoms. The van der Waals surface area contributed by atoms with E-state index in [0.29, 0.717) is 0 Å². The molecule has 0 aliphatic rings. The van der Waals surface area contributed by atoms with E-state index in [9.17, 15) is 0 Å². The molecule has 0 fully saturated rings. The first-order valence-electron chi connectivity index (χ1n) is 5.63. The highest BCUT2D eigenvalue weighted by Crippen LogP contribution is 2.28. The number of rotatable bonds is 0. The lowest BCUT2D eigenvalue weighted by Crippen LogP contribution is -1.73. The van der Waals surface area contributed by atoms with E-state index in [1.165, 1.54) is 23.5 Å². The van der Waals surface area contributed by atoms with Crippen molar-refractivity contribution in [2.45, 2.75) is 0 Å². The second-order valence-corrected chi connectivity index (χ2v) is 6.51. The van der Waals surface area contributed by atoms with Gasteiger partial charge in [-0.1, -0.05) is 12.1 Å². The van der Waals surface area contributed by atoms with Gasteiger partial charge in [-0.3, -0.25) is 0 Å². The average Bonchev–Trinajstić information content (AvgIpc) is 3.23. The minimum Gasteiger partial charge on any atom is -0.173 e. The molecule has 4 rings (SSSR count). The van der Waals surface area contributed by atoms with E-state index in [1.807, 2.05) is 36.4 Å². The zero-order chi connectivity index (χ0) is 15.9. The number of aromatic nitrogens is 4. The predicted octanol–water partition coefficient (Wildman–Crippen LogP) is 6.60. The molecule has 4 nitrogen and oxygen atoms in total. The molecule has 0 saturated heterocycles. The summed E-state index contributed by atoms with van der Waals surface area (Å²) in [5, 5.41) is 0. The van der Waals surface area contributed by atoms with Crippen LogP contribution in [0.1, 0.15) is 0 Å². The first-order chi connectivity index (χ1) is 10.8. The molecule has 22 heavy (non-hydrogen) atoms. The van der Waals surface area contributed by atoms with Crippen molar-refractivity contribution in [2.24, 2.45) is 0 Å². The molecule has 0 amide bonds. The zero-order valence-electron chi connectivity index (χ0n) is 10.6. The van der Waals surface area contributed by atoms with Crippen LogP contribution in [0.15, 0.2) is 45.3 Å². The van der Waals surface area contributed by atoms with Crippen LogP contribution >= 0.6 is 83.6 Å². The second kappa shape index (κ2) is 9.33. The van der Waals surface area contributed by atoms with Gasteiger partial charge >= 0.3 is 0 Å². The Bertz CT molecular complexity index is 798. The van der Waals surface area contributed by atoms with E-state index in [2.05, 4.69) is 77.6 Å². The number of benzene rings is 2. The van der Waals surface area contributed by atoms with Gasteiger partial charge < -0.3 is 0 Å². The number of halogens is 4. The molecule has 4 aromatic rings. The van der Waals surface area contributed by atoms with Gasteiger partial charge in [0.05, 0.1) is 23.5 Å². The standard InChI is InChI=1S/C6H2Br2N2S.C6H4N2S.Br2/c7-3-1-2-4(8)6-5(3)9-11-10-6;1-2-4-6-5(3-1)7-9-8-6;1-2/h1-2H;1-4H;. The van der Waals surface area contributed by atoms with E-state index in [1.54, 1.807) is 0 Å². The molecule has 10 heteroatoms. The molecule has 2 aromatic heterocycles. The lowest BCUT2D eigenvalue weighted by Gasteiger charge is -1.92. The fraction of sp³-hybridized carbons (Fsp3) is 0. The lowest BCUT2D eigenvalue weighted by atomic mass is 10.3. The van der Waals surface area contributed by atoms with E-state index in [-0.39, 0.29) is 0 Å². The summed E-state index contributed by atoms with van der Waals surface area (Å²) in [7, 11) is 0. The van der Waals surface area contributed by atoms with Crippen molar-refractivity contribution in [2.75, 3.05) is 0 Å². The minimum atomic E-state index is 0.921. The molecule has 0 aliphatic heterocycles. The van der Waals surface area contributed by atoms with E-state index < -0.39 is 0 Å². The Balaban J connectivity index is 0.000000146. The second-order valence-electron chi connectivity index (χ2n) is 3.74. The Morgan fingerprint density at radius 3 is 1.50 bits per heavy atom. The molecule has 0 saturated carbocycles. The highest BCUT2D eigenvalue weighted by atomic mass is 80.9. The maximum absolute atomic E-state index is 4.13. The van der Waals surface area contributed by atoms with Gasteiger partial charge in [0.25, 0.3) is 0 Å². The molecule has 0 atom stereocenters. The van der Waals surface area contributed by atoms with E-state index >= 15 is 0 Å². The van der Waals surface area contributed by atoms with Gasteiger partial charge in [-0.2, -0.15) is 17.5 Å². The normalized spacial score (nSPS) is 9.82. The van der Waals surface area contributed by atoms with Crippen LogP contribution in [0.4, 0.5) is 0 Å². The number of nitrogens with zero attached hydrogens (tertiary/aromatic N) is 4. The third-order valence-corrected chi connectivity index (χ3v) is 4.84. The Hall–Kier alpha value is 0.000000000000000500. The third kappa shape index (κ3) is 4.51. The van der Waals surface area contributed by atoms with E-state index in [4.69, 9.17) is 0 Å². The van der Waals surface area contributed by atoms with Crippen LogP contribution in [0.2, 0.25) is 0 Å². The molecule has 2 aromatic carbocycles. The molecule has 0 bridgehead atoms. The minimum absolute atomic E-state index is 0.921. The molecule has 2 heterocycles. The summed E-state index contributed by atoms with van der Waals surface area (Å²) < 4.78 is 18.3. The van der Waals surface area contributed by atoms with Gasteiger partial charge in [-0.25, -0.2) is 0 Å². The van der Waals surface area contributed by atoms with Crippen LogP contribution in [0, 0.1) is 0 Å². The monoisotopic (exact) mass is 586 g/mol. The van der Waals surface area contributed by atoms with Crippen molar-refractivity contribution in [1.82, 2.24) is 17.5 Å². The molecular weight excluding hydrogens is 584 g/mol. The number of hydrogen-bond acceptors (Lipinski definition) is 6. The lowest BCUT2D eigenvalue weighted by molar-refractivity contribution is 1.58.